The van der Waals surface area contributed by atoms with Gasteiger partial charge in [-0.2, -0.15) is 0 Å². The van der Waals surface area contributed by atoms with Gasteiger partial charge < -0.3 is 10.1 Å². The zero-order valence-electron chi connectivity index (χ0n) is 18.1. The Morgan fingerprint density at radius 3 is 2.31 bits per heavy atom. The second kappa shape index (κ2) is 13.0. The van der Waals surface area contributed by atoms with Gasteiger partial charge in [-0.1, -0.05) is 55.0 Å². The van der Waals surface area contributed by atoms with Crippen molar-refractivity contribution in [1.29, 1.82) is 0 Å². The first-order valence-corrected chi connectivity index (χ1v) is 12.4. The fourth-order valence-corrected chi connectivity index (χ4v) is 4.54. The highest BCUT2D eigenvalue weighted by atomic mass is 32.1. The van der Waals surface area contributed by atoms with Gasteiger partial charge in [-0.3, -0.25) is 9.59 Å². The van der Waals surface area contributed by atoms with Crippen LogP contribution in [0.25, 0.3) is 0 Å². The Labute approximate surface area is 195 Å². The molecule has 0 aliphatic carbocycles. The summed E-state index contributed by atoms with van der Waals surface area (Å²) in [6, 6.07) is 9.60. The van der Waals surface area contributed by atoms with E-state index in [4.69, 9.17) is 4.74 Å². The van der Waals surface area contributed by atoms with Crippen molar-refractivity contribution in [3.8, 4) is 0 Å². The largest absolute Gasteiger partial charge is 0.465 e. The topological polar surface area (TPSA) is 107 Å². The van der Waals surface area contributed by atoms with Gasteiger partial charge in [0.2, 0.25) is 11.0 Å². The smallest absolute Gasteiger partial charge is 0.312 e. The van der Waals surface area contributed by atoms with Gasteiger partial charge in [-0.15, -0.1) is 31.7 Å². The van der Waals surface area contributed by atoms with Crippen LogP contribution in [0.15, 0.2) is 30.3 Å². The fourth-order valence-electron chi connectivity index (χ4n) is 2.87. The average Bonchev–Trinajstić information content (AvgIpc) is 3.41. The summed E-state index contributed by atoms with van der Waals surface area (Å²) in [4.78, 5) is 23.9. The molecule has 0 fully saturated rings. The van der Waals surface area contributed by atoms with E-state index in [1.165, 1.54) is 22.7 Å². The van der Waals surface area contributed by atoms with Gasteiger partial charge in [0.1, 0.15) is 15.0 Å². The zero-order chi connectivity index (χ0) is 22.6. The van der Waals surface area contributed by atoms with E-state index >= 15 is 0 Å². The number of anilines is 1. The van der Waals surface area contributed by atoms with Crippen molar-refractivity contribution >= 4 is 39.7 Å². The van der Waals surface area contributed by atoms with Crippen molar-refractivity contribution in [2.45, 2.75) is 58.3 Å². The van der Waals surface area contributed by atoms with Gasteiger partial charge in [0, 0.05) is 12.8 Å². The first-order valence-electron chi connectivity index (χ1n) is 10.8. The zero-order valence-corrected chi connectivity index (χ0v) is 19.7. The Kier molecular flexibility index (Phi) is 9.70. The fraction of sp³-hybridized carbons (Fsp3) is 0.455. The number of amides is 1. The maximum absolute atomic E-state index is 12.1. The third kappa shape index (κ3) is 8.43. The predicted molar refractivity (Wildman–Crippen MR) is 125 cm³/mol. The number of esters is 1. The highest BCUT2D eigenvalue weighted by Crippen LogP contribution is 2.19. The molecule has 8 nitrogen and oxygen atoms in total. The summed E-state index contributed by atoms with van der Waals surface area (Å²) in [7, 11) is 0. The summed E-state index contributed by atoms with van der Waals surface area (Å²) in [5.74, 6) is -0.343. The molecular weight excluding hydrogens is 446 g/mol. The van der Waals surface area contributed by atoms with Crippen LogP contribution in [-0.4, -0.2) is 38.9 Å². The predicted octanol–water partition coefficient (Wildman–Crippen LogP) is 4.02. The number of carbonyl (C=O) groups is 2. The molecule has 2 heterocycles. The number of aromatic nitrogens is 4. The molecule has 1 N–H and O–H groups in total. The maximum Gasteiger partial charge on any atom is 0.312 e. The summed E-state index contributed by atoms with van der Waals surface area (Å²) < 4.78 is 5.16. The molecule has 170 valence electrons. The molecule has 0 unspecified atom stereocenters. The molecule has 0 aliphatic rings. The van der Waals surface area contributed by atoms with Crippen LogP contribution in [0.2, 0.25) is 0 Å². The molecule has 3 aromatic rings. The van der Waals surface area contributed by atoms with Crippen LogP contribution >= 0.6 is 22.7 Å². The minimum Gasteiger partial charge on any atom is -0.465 e. The average molecular weight is 474 g/mol. The lowest BCUT2D eigenvalue weighted by atomic mass is 10.1. The van der Waals surface area contributed by atoms with E-state index in [1.54, 1.807) is 0 Å². The lowest BCUT2D eigenvalue weighted by molar-refractivity contribution is -0.142. The third-order valence-electron chi connectivity index (χ3n) is 4.52. The lowest BCUT2D eigenvalue weighted by Crippen LogP contribution is -2.14. The number of nitrogens with zero attached hydrogens (tertiary/aromatic N) is 4. The molecule has 3 rings (SSSR count). The number of hydrogen-bond donors (Lipinski definition) is 1. The molecule has 0 saturated heterocycles. The van der Waals surface area contributed by atoms with Crippen LogP contribution in [0.5, 0.6) is 0 Å². The van der Waals surface area contributed by atoms with Gasteiger partial charge in [0.25, 0.3) is 0 Å². The molecule has 10 heteroatoms. The van der Waals surface area contributed by atoms with Crippen molar-refractivity contribution in [1.82, 2.24) is 20.4 Å². The van der Waals surface area contributed by atoms with Crippen molar-refractivity contribution in [2.24, 2.45) is 0 Å². The lowest BCUT2D eigenvalue weighted by Gasteiger charge is -2.01. The Bertz CT molecular complexity index is 990. The number of hydrogen-bond acceptors (Lipinski definition) is 9. The maximum atomic E-state index is 12.1. The summed E-state index contributed by atoms with van der Waals surface area (Å²) in [6.45, 7) is 2.52. The molecule has 0 aliphatic heterocycles. The first-order chi connectivity index (χ1) is 15.6. The molecule has 0 bridgehead atoms. The summed E-state index contributed by atoms with van der Waals surface area (Å²) in [6.07, 6.45) is 5.84. The number of rotatable bonds is 13. The normalized spacial score (nSPS) is 10.8. The second-order valence-electron chi connectivity index (χ2n) is 7.26. The van der Waals surface area contributed by atoms with Crippen molar-refractivity contribution in [2.75, 3.05) is 11.9 Å². The van der Waals surface area contributed by atoms with Crippen molar-refractivity contribution in [3.63, 3.8) is 0 Å². The molecule has 1 aromatic carbocycles. The number of nitrogens with one attached hydrogen (secondary N) is 1. The minimum atomic E-state index is -0.246. The Morgan fingerprint density at radius 1 is 0.875 bits per heavy atom. The molecule has 1 amide bonds. The molecular formula is C22H27N5O3S2. The summed E-state index contributed by atoms with van der Waals surface area (Å²) >= 11 is 2.87. The van der Waals surface area contributed by atoms with E-state index in [1.807, 2.05) is 30.3 Å². The highest BCUT2D eigenvalue weighted by Gasteiger charge is 2.12. The van der Waals surface area contributed by atoms with Gasteiger partial charge in [0.05, 0.1) is 19.4 Å². The Balaban J connectivity index is 1.33. The minimum absolute atomic E-state index is 0.0970. The summed E-state index contributed by atoms with van der Waals surface area (Å²) in [5.41, 5.74) is 0.961. The summed E-state index contributed by atoms with van der Waals surface area (Å²) in [5, 5.41) is 22.3. The van der Waals surface area contributed by atoms with Crippen molar-refractivity contribution < 1.29 is 14.3 Å². The van der Waals surface area contributed by atoms with E-state index in [0.29, 0.717) is 23.2 Å². The van der Waals surface area contributed by atoms with E-state index in [0.717, 1.165) is 54.1 Å². The van der Waals surface area contributed by atoms with E-state index in [2.05, 4.69) is 32.6 Å². The van der Waals surface area contributed by atoms with Crippen LogP contribution < -0.4 is 5.32 Å². The van der Waals surface area contributed by atoms with Crippen LogP contribution in [0.4, 0.5) is 5.13 Å². The first kappa shape index (κ1) is 23.9. The third-order valence-corrected chi connectivity index (χ3v) is 6.40. The number of ether oxygens (including phenoxy) is 1. The number of benzene rings is 1. The van der Waals surface area contributed by atoms with Crippen LogP contribution in [0.1, 0.15) is 53.2 Å². The van der Waals surface area contributed by atoms with Gasteiger partial charge in [0.15, 0.2) is 0 Å². The molecule has 0 spiro atoms. The van der Waals surface area contributed by atoms with Gasteiger partial charge in [-0.25, -0.2) is 0 Å². The van der Waals surface area contributed by atoms with Crippen LogP contribution in [-0.2, 0) is 40.0 Å². The Morgan fingerprint density at radius 2 is 1.56 bits per heavy atom. The number of aryl methyl sites for hydroxylation is 2. The highest BCUT2D eigenvalue weighted by molar-refractivity contribution is 7.15. The number of unbranched alkanes of at least 4 members (excludes halogenated alkanes) is 2. The molecule has 0 saturated carbocycles. The SMILES string of the molecule is CCCCOC(=O)Cc1nnc(CCCCc2nnc(NC(=O)Cc3ccccc3)s2)s1. The van der Waals surface area contributed by atoms with Crippen molar-refractivity contribution in [3.05, 3.63) is 50.9 Å². The molecule has 2 aromatic heterocycles. The molecule has 0 radical (unpaired) electrons. The standard InChI is InChI=1S/C22H27N5O3S2/c1-2-3-13-30-21(29)15-20-26-24-18(31-20)11-7-8-12-19-25-27-22(32-19)23-17(28)14-16-9-5-4-6-10-16/h4-6,9-10H,2-3,7-8,11-15H2,1H3,(H,23,27,28). The van der Waals surface area contributed by atoms with E-state index < -0.39 is 0 Å². The van der Waals surface area contributed by atoms with Crippen LogP contribution in [0, 0.1) is 0 Å². The van der Waals surface area contributed by atoms with Gasteiger partial charge in [-0.05, 0) is 24.8 Å². The molecule has 0 atom stereocenters. The van der Waals surface area contributed by atoms with E-state index in [9.17, 15) is 9.59 Å². The Hall–Kier alpha value is -2.72. The number of carbonyl (C=O) groups excluding carboxylic acids is 2. The van der Waals surface area contributed by atoms with Gasteiger partial charge >= 0.3 is 5.97 Å². The quantitative estimate of drug-likeness (QED) is 0.295. The second-order valence-corrected chi connectivity index (χ2v) is 9.47. The van der Waals surface area contributed by atoms with E-state index in [-0.39, 0.29) is 18.3 Å². The van der Waals surface area contributed by atoms with Crippen LogP contribution in [0.3, 0.4) is 0 Å². The molecule has 32 heavy (non-hydrogen) atoms. The monoisotopic (exact) mass is 473 g/mol.